The van der Waals surface area contributed by atoms with Crippen molar-refractivity contribution in [3.8, 4) is 67.5 Å². The molecule has 5 heteroatoms. The predicted octanol–water partition coefficient (Wildman–Crippen LogP) is 10.9. The summed E-state index contributed by atoms with van der Waals surface area (Å²) in [7, 11) is 0. The molecular formula is C47H32N4O. The Labute approximate surface area is 301 Å². The summed E-state index contributed by atoms with van der Waals surface area (Å²) in [5, 5.41) is 0. The zero-order valence-electron chi connectivity index (χ0n) is 28.2. The molecule has 0 spiro atoms. The molecular weight excluding hydrogens is 637 g/mol. The first-order valence-corrected chi connectivity index (χ1v) is 17.3. The molecule has 246 valence electrons. The van der Waals surface area contributed by atoms with Gasteiger partial charge in [-0.3, -0.25) is 9.13 Å². The van der Waals surface area contributed by atoms with Gasteiger partial charge in [0.05, 0.1) is 33.8 Å². The van der Waals surface area contributed by atoms with Crippen molar-refractivity contribution in [2.75, 3.05) is 0 Å². The first-order valence-electron chi connectivity index (χ1n) is 17.3. The van der Waals surface area contributed by atoms with Crippen molar-refractivity contribution in [2.24, 2.45) is 0 Å². The molecule has 0 fully saturated rings. The second kappa shape index (κ2) is 13.3. The van der Waals surface area contributed by atoms with Crippen molar-refractivity contribution in [2.45, 2.75) is 0 Å². The van der Waals surface area contributed by atoms with Gasteiger partial charge in [-0.05, 0) is 64.7 Å². The fourth-order valence-electron chi connectivity index (χ4n) is 6.79. The van der Waals surface area contributed by atoms with Crippen LogP contribution in [0.25, 0.3) is 78.6 Å². The highest BCUT2D eigenvalue weighted by Crippen LogP contribution is 2.32. The zero-order chi connectivity index (χ0) is 34.9. The van der Waals surface area contributed by atoms with Crippen LogP contribution in [-0.4, -0.2) is 19.1 Å². The van der Waals surface area contributed by atoms with Crippen molar-refractivity contribution in [3.63, 3.8) is 0 Å². The van der Waals surface area contributed by atoms with E-state index in [-0.39, 0.29) is 5.69 Å². The largest absolute Gasteiger partial charge is 0.338 e. The molecule has 0 saturated heterocycles. The van der Waals surface area contributed by atoms with E-state index in [4.69, 9.17) is 9.97 Å². The van der Waals surface area contributed by atoms with Crippen LogP contribution in [0.2, 0.25) is 0 Å². The van der Waals surface area contributed by atoms with Gasteiger partial charge in [-0.1, -0.05) is 152 Å². The number of benzene rings is 7. The third-order valence-electron chi connectivity index (χ3n) is 9.43. The SMILES string of the molecule is O=c1n(-c2ccccc2)c2ccc(-c3ccc(-c4ccc(-c5cc(-c6ccccc6)nc(-c6ccccc6)n5)cc4)cc3)cc2n1-c1ccccc1. The Kier molecular flexibility index (Phi) is 7.91. The summed E-state index contributed by atoms with van der Waals surface area (Å²) >= 11 is 0. The van der Waals surface area contributed by atoms with E-state index in [1.165, 1.54) is 0 Å². The van der Waals surface area contributed by atoms with Gasteiger partial charge in [-0.25, -0.2) is 14.8 Å². The molecule has 0 aliphatic heterocycles. The second-order valence-corrected chi connectivity index (χ2v) is 12.7. The van der Waals surface area contributed by atoms with Crippen molar-refractivity contribution in [1.29, 1.82) is 0 Å². The zero-order valence-corrected chi connectivity index (χ0v) is 28.2. The number of para-hydroxylation sites is 2. The molecule has 0 saturated carbocycles. The van der Waals surface area contributed by atoms with Crippen molar-refractivity contribution >= 4 is 11.0 Å². The number of imidazole rings is 1. The van der Waals surface area contributed by atoms with E-state index in [1.807, 2.05) is 115 Å². The van der Waals surface area contributed by atoms with Gasteiger partial charge in [0.25, 0.3) is 0 Å². The van der Waals surface area contributed by atoms with Gasteiger partial charge in [-0.15, -0.1) is 0 Å². The van der Waals surface area contributed by atoms with E-state index in [1.54, 1.807) is 9.13 Å². The summed E-state index contributed by atoms with van der Waals surface area (Å²) in [6, 6.07) is 65.4. The fourth-order valence-corrected chi connectivity index (χ4v) is 6.79. The molecule has 0 N–H and O–H groups in total. The van der Waals surface area contributed by atoms with Crippen molar-refractivity contribution in [3.05, 3.63) is 205 Å². The van der Waals surface area contributed by atoms with Gasteiger partial charge < -0.3 is 0 Å². The highest BCUT2D eigenvalue weighted by Gasteiger charge is 2.17. The van der Waals surface area contributed by atoms with Gasteiger partial charge in [0.1, 0.15) is 0 Å². The Bertz CT molecular complexity index is 2640. The summed E-state index contributed by atoms with van der Waals surface area (Å²) in [6.45, 7) is 0. The van der Waals surface area contributed by atoms with E-state index in [0.717, 1.165) is 72.7 Å². The van der Waals surface area contributed by atoms with Gasteiger partial charge >= 0.3 is 5.69 Å². The Morgan fingerprint density at radius 3 is 1.23 bits per heavy atom. The number of fused-ring (bicyclic) bond motifs is 1. The van der Waals surface area contributed by atoms with Crippen LogP contribution < -0.4 is 5.69 Å². The normalized spacial score (nSPS) is 11.2. The van der Waals surface area contributed by atoms with Crippen LogP contribution in [0.1, 0.15) is 0 Å². The third kappa shape index (κ3) is 5.80. The highest BCUT2D eigenvalue weighted by atomic mass is 16.1. The van der Waals surface area contributed by atoms with Crippen molar-refractivity contribution < 1.29 is 0 Å². The molecule has 0 atom stereocenters. The number of rotatable bonds is 7. The molecule has 0 aliphatic rings. The summed E-state index contributed by atoms with van der Waals surface area (Å²) in [4.78, 5) is 23.8. The molecule has 0 unspecified atom stereocenters. The molecule has 52 heavy (non-hydrogen) atoms. The Morgan fingerprint density at radius 2 is 0.712 bits per heavy atom. The molecule has 9 aromatic rings. The Hall–Kier alpha value is -7.11. The maximum Gasteiger partial charge on any atom is 0.338 e. The molecule has 0 aliphatic carbocycles. The fraction of sp³-hybridized carbons (Fsp3) is 0. The highest BCUT2D eigenvalue weighted by molar-refractivity contribution is 5.86. The van der Waals surface area contributed by atoms with Gasteiger partial charge in [-0.2, -0.15) is 0 Å². The van der Waals surface area contributed by atoms with Crippen LogP contribution in [0.5, 0.6) is 0 Å². The smallest absolute Gasteiger partial charge is 0.260 e. The molecule has 2 aromatic heterocycles. The van der Waals surface area contributed by atoms with E-state index < -0.39 is 0 Å². The molecule has 0 radical (unpaired) electrons. The second-order valence-electron chi connectivity index (χ2n) is 12.7. The van der Waals surface area contributed by atoms with Crippen LogP contribution in [0.3, 0.4) is 0 Å². The molecule has 0 bridgehead atoms. The van der Waals surface area contributed by atoms with Gasteiger partial charge in [0.2, 0.25) is 0 Å². The number of aromatic nitrogens is 4. The van der Waals surface area contributed by atoms with Crippen LogP contribution in [0.15, 0.2) is 199 Å². The molecule has 7 aromatic carbocycles. The van der Waals surface area contributed by atoms with Crippen LogP contribution >= 0.6 is 0 Å². The van der Waals surface area contributed by atoms with E-state index >= 15 is 0 Å². The average molecular weight is 669 g/mol. The predicted molar refractivity (Wildman–Crippen MR) is 212 cm³/mol. The van der Waals surface area contributed by atoms with Gasteiger partial charge in [0.15, 0.2) is 5.82 Å². The van der Waals surface area contributed by atoms with E-state index in [0.29, 0.717) is 5.82 Å². The lowest BCUT2D eigenvalue weighted by Crippen LogP contribution is -2.21. The van der Waals surface area contributed by atoms with Crippen LogP contribution in [0.4, 0.5) is 0 Å². The lowest BCUT2D eigenvalue weighted by atomic mass is 9.98. The number of hydrogen-bond donors (Lipinski definition) is 0. The summed E-state index contributed by atoms with van der Waals surface area (Å²) in [5.74, 6) is 0.701. The molecule has 5 nitrogen and oxygen atoms in total. The van der Waals surface area contributed by atoms with Crippen LogP contribution in [-0.2, 0) is 0 Å². The summed E-state index contributed by atoms with van der Waals surface area (Å²) < 4.78 is 3.58. The number of hydrogen-bond acceptors (Lipinski definition) is 3. The summed E-state index contributed by atoms with van der Waals surface area (Å²) in [6.07, 6.45) is 0. The molecule has 2 heterocycles. The minimum Gasteiger partial charge on any atom is -0.260 e. The average Bonchev–Trinajstić information content (AvgIpc) is 3.52. The maximum absolute atomic E-state index is 13.9. The van der Waals surface area contributed by atoms with E-state index in [2.05, 4.69) is 78.9 Å². The Morgan fingerprint density at radius 1 is 0.327 bits per heavy atom. The standard InChI is InChI=1S/C47H32N4O/c52-47-50(40-17-9-3-10-18-40)44-30-29-39(31-45(44)51(47)41-19-11-4-12-20-41)35-23-21-33(22-24-35)34-25-27-37(28-26-34)43-32-42(36-13-5-1-6-14-36)48-46(49-43)38-15-7-2-8-16-38/h1-32H. The van der Waals surface area contributed by atoms with Gasteiger partial charge in [0, 0.05) is 16.7 Å². The molecule has 9 rings (SSSR count). The topological polar surface area (TPSA) is 52.7 Å². The monoisotopic (exact) mass is 668 g/mol. The molecule has 0 amide bonds. The minimum atomic E-state index is -0.0992. The number of nitrogens with zero attached hydrogens (tertiary/aromatic N) is 4. The first kappa shape index (κ1) is 30.9. The maximum atomic E-state index is 13.9. The first-order chi connectivity index (χ1) is 25.7. The lowest BCUT2D eigenvalue weighted by molar-refractivity contribution is 0.931. The Balaban J connectivity index is 1.05. The quantitative estimate of drug-likeness (QED) is 0.170. The third-order valence-corrected chi connectivity index (χ3v) is 9.43. The van der Waals surface area contributed by atoms with Crippen molar-refractivity contribution in [1.82, 2.24) is 19.1 Å². The lowest BCUT2D eigenvalue weighted by Gasteiger charge is -2.10. The minimum absolute atomic E-state index is 0.0992. The summed E-state index contributed by atoms with van der Waals surface area (Å²) in [5.41, 5.74) is 12.4. The van der Waals surface area contributed by atoms with E-state index in [9.17, 15) is 4.79 Å². The van der Waals surface area contributed by atoms with Crippen LogP contribution in [0, 0.1) is 0 Å².